The van der Waals surface area contributed by atoms with E-state index in [0.29, 0.717) is 40.9 Å². The third-order valence-corrected chi connectivity index (χ3v) is 11.9. The molecule has 4 aromatic rings. The second-order valence-corrected chi connectivity index (χ2v) is 16.3. The molecule has 0 bridgehead atoms. The highest BCUT2D eigenvalue weighted by atomic mass is 35.5. The third-order valence-electron chi connectivity index (χ3n) is 9.48. The first-order valence-corrected chi connectivity index (χ1v) is 20.2. The van der Waals surface area contributed by atoms with Crippen LogP contribution < -0.4 is 31.6 Å². The van der Waals surface area contributed by atoms with E-state index in [-0.39, 0.29) is 30.3 Å². The summed E-state index contributed by atoms with van der Waals surface area (Å²) >= 11 is 9.37. The number of benzene rings is 2. The predicted octanol–water partition coefficient (Wildman–Crippen LogP) is 6.93. The van der Waals surface area contributed by atoms with Gasteiger partial charge in [0.25, 0.3) is 5.91 Å². The van der Waals surface area contributed by atoms with Crippen molar-refractivity contribution in [2.24, 2.45) is 10.1 Å². The molecule has 15 heteroatoms. The molecule has 4 heterocycles. The van der Waals surface area contributed by atoms with Gasteiger partial charge in [-0.05, 0) is 83.8 Å². The van der Waals surface area contributed by atoms with E-state index < -0.39 is 6.04 Å². The van der Waals surface area contributed by atoms with Gasteiger partial charge in [-0.2, -0.15) is 5.10 Å². The number of aromatic nitrogens is 1. The van der Waals surface area contributed by atoms with Crippen LogP contribution >= 0.6 is 34.3 Å². The summed E-state index contributed by atoms with van der Waals surface area (Å²) in [4.78, 5) is 52.9. The minimum Gasteiger partial charge on any atom is -0.355 e. The summed E-state index contributed by atoms with van der Waals surface area (Å²) in [6.45, 7) is 12.0. The number of hydrazone groups is 1. The number of nitrogens with one attached hydrogen (secondary N) is 5. The number of fused-ring (bicyclic) bond motifs is 3. The number of para-hydroxylation sites is 1. The number of rotatable bonds is 15. The Morgan fingerprint density at radius 2 is 1.67 bits per heavy atom. The number of thiophene rings is 1. The van der Waals surface area contributed by atoms with Gasteiger partial charge in [-0.25, -0.2) is 4.98 Å². The van der Waals surface area contributed by atoms with Gasteiger partial charge in [0.1, 0.15) is 17.2 Å². The van der Waals surface area contributed by atoms with Crippen molar-refractivity contribution in [3.8, 4) is 0 Å². The minimum absolute atomic E-state index is 0.0707. The van der Waals surface area contributed by atoms with Crippen LogP contribution in [0.5, 0.6) is 0 Å². The van der Waals surface area contributed by atoms with E-state index in [1.54, 1.807) is 35.6 Å². The Labute approximate surface area is 328 Å². The van der Waals surface area contributed by atoms with E-state index in [1.807, 2.05) is 38.1 Å². The molecule has 284 valence electrons. The average molecular weight is 788 g/mol. The summed E-state index contributed by atoms with van der Waals surface area (Å²) in [6.07, 6.45) is 2.92. The van der Waals surface area contributed by atoms with Crippen molar-refractivity contribution in [1.29, 1.82) is 0 Å². The first-order valence-electron chi connectivity index (χ1n) is 18.2. The number of carbonyl (C=O) groups excluding carboxylic acids is 3. The lowest BCUT2D eigenvalue weighted by molar-refractivity contribution is -0.121. The standard InChI is InChI=1S/C39H46ClN9O3S2/c1-22-24(3)53-38-34(22)35(27-14-16-28(40)17-15-27)45-31(36-48-47-26(5)49(36)38)21-33(51)42-20-19-41-18-10-6-7-13-32(50)44-30-12-9-8-11-29(30)37(52)46-39-43-23(2)25(4)54-39/h8-9,11-12,14-17,26,31,41,47H,6-7,10,13,18-21H2,1-5H3,(H,42,51)(H,44,50)(H,43,46,52)/t26?,31-/m0/s1. The average Bonchev–Trinajstić information content (AvgIpc) is 3.75. The summed E-state index contributed by atoms with van der Waals surface area (Å²) < 4.78 is 0. The molecule has 0 aliphatic carbocycles. The number of amides is 3. The molecule has 2 aliphatic rings. The van der Waals surface area contributed by atoms with Gasteiger partial charge < -0.3 is 16.0 Å². The first kappa shape index (κ1) is 39.1. The summed E-state index contributed by atoms with van der Waals surface area (Å²) in [7, 11) is 0. The zero-order valence-corrected chi connectivity index (χ0v) is 33.5. The zero-order valence-electron chi connectivity index (χ0n) is 31.1. The van der Waals surface area contributed by atoms with Crippen molar-refractivity contribution >= 4 is 79.4 Å². The molecular weight excluding hydrogens is 742 g/mol. The smallest absolute Gasteiger partial charge is 0.259 e. The van der Waals surface area contributed by atoms with Crippen molar-refractivity contribution in [3.63, 3.8) is 0 Å². The molecule has 5 N–H and O–H groups in total. The van der Waals surface area contributed by atoms with Gasteiger partial charge in [0, 0.05) is 45.4 Å². The van der Waals surface area contributed by atoms with Gasteiger partial charge in [-0.1, -0.05) is 42.3 Å². The summed E-state index contributed by atoms with van der Waals surface area (Å²) in [5.74, 6) is 0.192. The second kappa shape index (κ2) is 17.7. The Kier molecular flexibility index (Phi) is 12.8. The highest BCUT2D eigenvalue weighted by Gasteiger charge is 2.39. The summed E-state index contributed by atoms with van der Waals surface area (Å²) in [6, 6.07) is 14.2. The van der Waals surface area contributed by atoms with E-state index in [9.17, 15) is 14.4 Å². The molecule has 2 atom stereocenters. The number of thiazole rings is 1. The molecule has 6 rings (SSSR count). The van der Waals surface area contributed by atoms with Crippen LogP contribution in [0.2, 0.25) is 5.02 Å². The molecule has 0 fully saturated rings. The van der Waals surface area contributed by atoms with Gasteiger partial charge in [-0.15, -0.1) is 22.7 Å². The topological polar surface area (TPSA) is 152 Å². The Bertz CT molecular complexity index is 2060. The number of carbonyl (C=O) groups is 3. The number of hydrogen-bond donors (Lipinski definition) is 5. The van der Waals surface area contributed by atoms with Crippen LogP contribution in [0.4, 0.5) is 15.8 Å². The predicted molar refractivity (Wildman–Crippen MR) is 221 cm³/mol. The van der Waals surface area contributed by atoms with Gasteiger partial charge >= 0.3 is 0 Å². The van der Waals surface area contributed by atoms with Gasteiger partial charge in [-0.3, -0.25) is 35.0 Å². The van der Waals surface area contributed by atoms with Crippen molar-refractivity contribution in [2.45, 2.75) is 78.9 Å². The van der Waals surface area contributed by atoms with Crippen LogP contribution in [-0.4, -0.2) is 66.1 Å². The maximum absolute atomic E-state index is 13.3. The molecule has 0 spiro atoms. The fourth-order valence-electron chi connectivity index (χ4n) is 6.35. The van der Waals surface area contributed by atoms with Gasteiger partial charge in [0.15, 0.2) is 11.0 Å². The van der Waals surface area contributed by atoms with Crippen LogP contribution in [0, 0.1) is 27.7 Å². The summed E-state index contributed by atoms with van der Waals surface area (Å²) in [5, 5.41) is 19.1. The number of halogens is 1. The number of amidine groups is 1. The van der Waals surface area contributed by atoms with Crippen molar-refractivity contribution < 1.29 is 14.4 Å². The molecule has 54 heavy (non-hydrogen) atoms. The number of unbranched alkanes of at least 4 members (excludes halogenated alkanes) is 2. The third kappa shape index (κ3) is 9.17. The lowest BCUT2D eigenvalue weighted by Crippen LogP contribution is -2.43. The van der Waals surface area contributed by atoms with Gasteiger partial charge in [0.2, 0.25) is 11.8 Å². The molecular formula is C39H46ClN9O3S2. The van der Waals surface area contributed by atoms with Crippen molar-refractivity contribution in [1.82, 2.24) is 21.0 Å². The number of aryl methyl sites for hydroxylation is 3. The Balaban J connectivity index is 0.930. The first-order chi connectivity index (χ1) is 26.0. The minimum atomic E-state index is -0.472. The molecule has 1 unspecified atom stereocenters. The molecule has 0 saturated heterocycles. The zero-order chi connectivity index (χ0) is 38.4. The van der Waals surface area contributed by atoms with Gasteiger partial charge in [0.05, 0.1) is 29.1 Å². The monoisotopic (exact) mass is 787 g/mol. The Morgan fingerprint density at radius 3 is 2.43 bits per heavy atom. The van der Waals surface area contributed by atoms with E-state index >= 15 is 0 Å². The SMILES string of the molecule is Cc1nc(NC(=O)c2ccccc2NC(=O)CCCCCNCCNC(=O)C[C@@H]2N=C(c3ccc(Cl)cc3)c3c(sc(C)c3C)N3C2=NNC3C)sc1C. The second-order valence-electron chi connectivity index (χ2n) is 13.4. The highest BCUT2D eigenvalue weighted by Crippen LogP contribution is 2.41. The number of nitrogens with zero attached hydrogens (tertiary/aromatic N) is 4. The van der Waals surface area contributed by atoms with E-state index in [0.717, 1.165) is 64.1 Å². The quantitative estimate of drug-likeness (QED) is 0.0820. The summed E-state index contributed by atoms with van der Waals surface area (Å²) in [5.41, 5.74) is 8.96. The van der Waals surface area contributed by atoms with Crippen LogP contribution in [0.3, 0.4) is 0 Å². The van der Waals surface area contributed by atoms with E-state index in [4.69, 9.17) is 16.6 Å². The Hall–Kier alpha value is -4.63. The van der Waals surface area contributed by atoms with Crippen LogP contribution in [0.25, 0.3) is 0 Å². The molecule has 3 amide bonds. The lowest BCUT2D eigenvalue weighted by Gasteiger charge is -2.24. The molecule has 12 nitrogen and oxygen atoms in total. The highest BCUT2D eigenvalue weighted by molar-refractivity contribution is 7.17. The maximum atomic E-state index is 13.3. The number of aliphatic imine (C=N–C) groups is 1. The van der Waals surface area contributed by atoms with Crippen molar-refractivity contribution in [3.05, 3.63) is 91.3 Å². The fraction of sp³-hybridized carbons (Fsp3) is 0.385. The van der Waals surface area contributed by atoms with Crippen molar-refractivity contribution in [2.75, 3.05) is 35.2 Å². The van der Waals surface area contributed by atoms with Crippen LogP contribution in [0.1, 0.15) is 81.5 Å². The normalized spacial score (nSPS) is 16.1. The largest absolute Gasteiger partial charge is 0.355 e. The molecule has 0 saturated carbocycles. The fourth-order valence-corrected chi connectivity index (χ4v) is 8.54. The Morgan fingerprint density at radius 1 is 0.889 bits per heavy atom. The number of hydrogen-bond acceptors (Lipinski definition) is 11. The lowest BCUT2D eigenvalue weighted by atomic mass is 9.99. The van der Waals surface area contributed by atoms with Crippen LogP contribution in [-0.2, 0) is 9.59 Å². The van der Waals surface area contributed by atoms with E-state index in [2.05, 4.69) is 62.4 Å². The molecule has 2 aromatic carbocycles. The molecule has 2 aliphatic heterocycles. The number of anilines is 3. The molecule has 0 radical (unpaired) electrons. The van der Waals surface area contributed by atoms with E-state index in [1.165, 1.54) is 21.8 Å². The maximum Gasteiger partial charge on any atom is 0.259 e. The molecule has 2 aromatic heterocycles. The van der Waals surface area contributed by atoms with Crippen LogP contribution in [0.15, 0.2) is 58.6 Å².